The fraction of sp³-hybridized carbons (Fsp3) is 0.222. The molecule has 3 N–H and O–H groups in total. The van der Waals surface area contributed by atoms with E-state index in [9.17, 15) is 4.79 Å². The Hall–Kier alpha value is -1.71. The quantitative estimate of drug-likeness (QED) is 0.718. The average Bonchev–Trinajstić information content (AvgIpc) is 2.04. The van der Waals surface area contributed by atoms with Gasteiger partial charge in [-0.05, 0) is 19.1 Å². The van der Waals surface area contributed by atoms with Crippen LogP contribution in [0.2, 0.25) is 0 Å². The number of carbonyl (C=O) groups excluding carboxylic acids is 1. The molecule has 0 bridgehead atoms. The van der Waals surface area contributed by atoms with Crippen molar-refractivity contribution in [3.8, 4) is 11.5 Å². The predicted octanol–water partition coefficient (Wildman–Crippen LogP) is 0.645. The zero-order valence-corrected chi connectivity index (χ0v) is 7.23. The van der Waals surface area contributed by atoms with E-state index in [4.69, 9.17) is 15.6 Å². The van der Waals surface area contributed by atoms with Crippen molar-refractivity contribution in [1.82, 2.24) is 0 Å². The van der Waals surface area contributed by atoms with Gasteiger partial charge in [0.25, 0.3) is 5.91 Å². The van der Waals surface area contributed by atoms with Gasteiger partial charge in [-0.15, -0.1) is 0 Å². The van der Waals surface area contributed by atoms with Gasteiger partial charge >= 0.3 is 0 Å². The highest BCUT2D eigenvalue weighted by Crippen LogP contribution is 2.18. The SMILES string of the molecule is CC(Oc1cccc(O)c1)C(N)=O. The van der Waals surface area contributed by atoms with Crippen LogP contribution in [0.3, 0.4) is 0 Å². The number of phenols is 1. The average molecular weight is 181 g/mol. The van der Waals surface area contributed by atoms with E-state index in [1.54, 1.807) is 19.1 Å². The van der Waals surface area contributed by atoms with Gasteiger partial charge in [-0.1, -0.05) is 6.07 Å². The summed E-state index contributed by atoms with van der Waals surface area (Å²) in [7, 11) is 0. The van der Waals surface area contributed by atoms with E-state index in [2.05, 4.69) is 0 Å². The Morgan fingerprint density at radius 1 is 1.62 bits per heavy atom. The number of carbonyl (C=O) groups is 1. The molecule has 0 saturated carbocycles. The van der Waals surface area contributed by atoms with E-state index in [0.29, 0.717) is 5.75 Å². The van der Waals surface area contributed by atoms with Gasteiger partial charge in [-0.2, -0.15) is 0 Å². The van der Waals surface area contributed by atoms with Gasteiger partial charge in [0.15, 0.2) is 6.10 Å². The number of aromatic hydroxyl groups is 1. The Kier molecular flexibility index (Phi) is 2.74. The second kappa shape index (κ2) is 3.80. The standard InChI is InChI=1S/C9H11NO3/c1-6(9(10)12)13-8-4-2-3-7(11)5-8/h2-6,11H,1H3,(H2,10,12). The maximum Gasteiger partial charge on any atom is 0.258 e. The molecule has 4 nitrogen and oxygen atoms in total. The second-order valence-electron chi connectivity index (χ2n) is 2.66. The number of ether oxygens (including phenoxy) is 1. The highest BCUT2D eigenvalue weighted by molar-refractivity contribution is 5.78. The normalized spacial score (nSPS) is 12.1. The first-order valence-corrected chi connectivity index (χ1v) is 3.84. The lowest BCUT2D eigenvalue weighted by atomic mass is 10.3. The molecule has 1 rings (SSSR count). The van der Waals surface area contributed by atoms with Crippen molar-refractivity contribution >= 4 is 5.91 Å². The van der Waals surface area contributed by atoms with Crippen molar-refractivity contribution in [3.63, 3.8) is 0 Å². The minimum Gasteiger partial charge on any atom is -0.508 e. The Bertz CT molecular complexity index is 311. The van der Waals surface area contributed by atoms with Gasteiger partial charge in [0.1, 0.15) is 11.5 Å². The fourth-order valence-corrected chi connectivity index (χ4v) is 0.819. The number of primary amides is 1. The fourth-order valence-electron chi connectivity index (χ4n) is 0.819. The predicted molar refractivity (Wildman–Crippen MR) is 47.4 cm³/mol. The molecule has 13 heavy (non-hydrogen) atoms. The van der Waals surface area contributed by atoms with E-state index in [-0.39, 0.29) is 5.75 Å². The van der Waals surface area contributed by atoms with Crippen LogP contribution in [-0.4, -0.2) is 17.1 Å². The lowest BCUT2D eigenvalue weighted by Gasteiger charge is -2.10. The summed E-state index contributed by atoms with van der Waals surface area (Å²) < 4.78 is 5.12. The third-order valence-corrected chi connectivity index (χ3v) is 1.53. The summed E-state index contributed by atoms with van der Waals surface area (Å²) in [5, 5.41) is 9.07. The monoisotopic (exact) mass is 181 g/mol. The van der Waals surface area contributed by atoms with Crippen LogP contribution in [0.4, 0.5) is 0 Å². The molecule has 1 amide bonds. The first-order chi connectivity index (χ1) is 6.09. The Balaban J connectivity index is 2.69. The molecule has 0 spiro atoms. The van der Waals surface area contributed by atoms with Crippen molar-refractivity contribution in [1.29, 1.82) is 0 Å². The maximum atomic E-state index is 10.6. The van der Waals surface area contributed by atoms with Crippen molar-refractivity contribution in [2.24, 2.45) is 5.73 Å². The molecule has 1 aromatic rings. The zero-order valence-electron chi connectivity index (χ0n) is 7.23. The molecule has 0 heterocycles. The topological polar surface area (TPSA) is 72.6 Å². The molecule has 4 heteroatoms. The van der Waals surface area contributed by atoms with Crippen LogP contribution in [0.15, 0.2) is 24.3 Å². The summed E-state index contributed by atoms with van der Waals surface area (Å²) in [5.41, 5.74) is 5.00. The molecule has 70 valence electrons. The van der Waals surface area contributed by atoms with E-state index in [0.717, 1.165) is 0 Å². The van der Waals surface area contributed by atoms with Crippen molar-refractivity contribution in [3.05, 3.63) is 24.3 Å². The summed E-state index contributed by atoms with van der Waals surface area (Å²) in [6, 6.07) is 6.19. The molecule has 0 aromatic heterocycles. The Morgan fingerprint density at radius 3 is 2.85 bits per heavy atom. The second-order valence-corrected chi connectivity index (χ2v) is 2.66. The zero-order chi connectivity index (χ0) is 9.84. The molecular weight excluding hydrogens is 170 g/mol. The van der Waals surface area contributed by atoms with Gasteiger partial charge in [-0.25, -0.2) is 0 Å². The molecular formula is C9H11NO3. The number of nitrogens with two attached hydrogens (primary N) is 1. The first-order valence-electron chi connectivity index (χ1n) is 3.84. The van der Waals surface area contributed by atoms with Crippen LogP contribution < -0.4 is 10.5 Å². The summed E-state index contributed by atoms with van der Waals surface area (Å²) in [5.74, 6) is -0.0242. The molecule has 0 radical (unpaired) electrons. The number of phenolic OH excluding ortho intramolecular Hbond substituents is 1. The highest BCUT2D eigenvalue weighted by Gasteiger charge is 2.09. The van der Waals surface area contributed by atoms with Crippen LogP contribution in [0.25, 0.3) is 0 Å². The largest absolute Gasteiger partial charge is 0.508 e. The van der Waals surface area contributed by atoms with Crippen LogP contribution in [0.1, 0.15) is 6.92 Å². The first kappa shape index (κ1) is 9.38. The lowest BCUT2D eigenvalue weighted by molar-refractivity contribution is -0.123. The van der Waals surface area contributed by atoms with Gasteiger partial charge in [-0.3, -0.25) is 4.79 Å². The van der Waals surface area contributed by atoms with Crippen molar-refractivity contribution in [2.75, 3.05) is 0 Å². The number of amides is 1. The molecule has 0 aliphatic rings. The highest BCUT2D eigenvalue weighted by atomic mass is 16.5. The van der Waals surface area contributed by atoms with E-state index < -0.39 is 12.0 Å². The summed E-state index contributed by atoms with van der Waals surface area (Å²) in [6.07, 6.45) is -0.693. The molecule has 1 aromatic carbocycles. The minimum atomic E-state index is -0.693. The van der Waals surface area contributed by atoms with Crippen molar-refractivity contribution in [2.45, 2.75) is 13.0 Å². The van der Waals surface area contributed by atoms with Gasteiger partial charge in [0.05, 0.1) is 0 Å². The summed E-state index contributed by atoms with van der Waals surface area (Å²) in [4.78, 5) is 10.6. The van der Waals surface area contributed by atoms with Crippen LogP contribution >= 0.6 is 0 Å². The van der Waals surface area contributed by atoms with Crippen LogP contribution in [0, 0.1) is 0 Å². The van der Waals surface area contributed by atoms with E-state index in [1.165, 1.54) is 12.1 Å². The third-order valence-electron chi connectivity index (χ3n) is 1.53. The van der Waals surface area contributed by atoms with E-state index >= 15 is 0 Å². The Morgan fingerprint density at radius 2 is 2.31 bits per heavy atom. The van der Waals surface area contributed by atoms with Gasteiger partial charge in [0.2, 0.25) is 0 Å². The number of hydrogen-bond acceptors (Lipinski definition) is 3. The maximum absolute atomic E-state index is 10.6. The molecule has 0 aliphatic carbocycles. The number of rotatable bonds is 3. The molecule has 0 fully saturated rings. The van der Waals surface area contributed by atoms with Crippen LogP contribution in [0.5, 0.6) is 11.5 Å². The minimum absolute atomic E-state index is 0.0918. The summed E-state index contributed by atoms with van der Waals surface area (Å²) >= 11 is 0. The van der Waals surface area contributed by atoms with E-state index in [1.807, 2.05) is 0 Å². The third kappa shape index (κ3) is 2.66. The smallest absolute Gasteiger partial charge is 0.258 e. The number of hydrogen-bond donors (Lipinski definition) is 2. The molecule has 0 aliphatic heterocycles. The Labute approximate surface area is 75.9 Å². The molecule has 0 saturated heterocycles. The van der Waals surface area contributed by atoms with Gasteiger partial charge < -0.3 is 15.6 Å². The molecule has 1 atom stereocenters. The summed E-state index contributed by atoms with van der Waals surface area (Å²) in [6.45, 7) is 1.55. The van der Waals surface area contributed by atoms with Gasteiger partial charge in [0, 0.05) is 6.07 Å². The molecule has 1 unspecified atom stereocenters. The van der Waals surface area contributed by atoms with Crippen molar-refractivity contribution < 1.29 is 14.6 Å². The number of benzene rings is 1. The van der Waals surface area contributed by atoms with Crippen LogP contribution in [-0.2, 0) is 4.79 Å². The lowest BCUT2D eigenvalue weighted by Crippen LogP contribution is -2.30.